The number of halogens is 1. The van der Waals surface area contributed by atoms with Crippen LogP contribution in [0, 0.1) is 0 Å². The summed E-state index contributed by atoms with van der Waals surface area (Å²) in [5.41, 5.74) is 0.460. The number of hydrogen-bond donors (Lipinski definition) is 2. The first-order valence-corrected chi connectivity index (χ1v) is 8.77. The number of carbonyl (C=O) groups excluding carboxylic acids is 3. The summed E-state index contributed by atoms with van der Waals surface area (Å²) in [4.78, 5) is 38.2. The number of anilines is 1. The number of ether oxygens (including phenoxy) is 2. The Balaban J connectivity index is 2.05. The summed E-state index contributed by atoms with van der Waals surface area (Å²) >= 11 is 3.37. The number of phenolic OH excluding ortho intramolecular Hbond substituents is 1. The molecule has 0 spiro atoms. The molecule has 0 unspecified atom stereocenters. The summed E-state index contributed by atoms with van der Waals surface area (Å²) in [7, 11) is 2.95. The van der Waals surface area contributed by atoms with Crippen molar-refractivity contribution in [2.45, 2.75) is 0 Å². The molecule has 1 aliphatic heterocycles. The second-order valence-corrected chi connectivity index (χ2v) is 6.56. The van der Waals surface area contributed by atoms with Gasteiger partial charge in [-0.25, -0.2) is 9.69 Å². The lowest BCUT2D eigenvalue weighted by atomic mass is 10.1. The van der Waals surface area contributed by atoms with E-state index in [2.05, 4.69) is 21.2 Å². The van der Waals surface area contributed by atoms with Crippen LogP contribution < -0.4 is 19.7 Å². The van der Waals surface area contributed by atoms with Gasteiger partial charge in [-0.1, -0.05) is 15.9 Å². The number of methoxy groups -OCH3 is 2. The van der Waals surface area contributed by atoms with Crippen LogP contribution in [0.5, 0.6) is 17.2 Å². The Morgan fingerprint density at radius 1 is 1.04 bits per heavy atom. The van der Waals surface area contributed by atoms with Crippen molar-refractivity contribution in [1.82, 2.24) is 5.32 Å². The molecule has 0 aliphatic carbocycles. The summed E-state index contributed by atoms with van der Waals surface area (Å²) in [6.45, 7) is 0. The summed E-state index contributed by atoms with van der Waals surface area (Å²) in [5, 5.41) is 11.5. The highest BCUT2D eigenvalue weighted by molar-refractivity contribution is 9.10. The second kappa shape index (κ2) is 7.73. The van der Waals surface area contributed by atoms with Crippen molar-refractivity contribution in [3.05, 3.63) is 52.0 Å². The van der Waals surface area contributed by atoms with E-state index in [0.29, 0.717) is 21.5 Å². The molecule has 8 nitrogen and oxygen atoms in total. The number of benzene rings is 2. The number of imide groups is 2. The maximum absolute atomic E-state index is 12.9. The van der Waals surface area contributed by atoms with E-state index in [1.165, 1.54) is 44.6 Å². The standard InChI is InChI=1S/C19H15BrN2O6/c1-27-15-8-10(14(20)9-16(15)28-2)7-13-17(24)21-19(26)22(18(13)25)11-3-5-12(23)6-4-11/h3-9,23H,1-2H3,(H,21,24,26)/b13-7+. The average Bonchev–Trinajstić information content (AvgIpc) is 2.67. The Bertz CT molecular complexity index is 1000. The molecule has 0 radical (unpaired) electrons. The van der Waals surface area contributed by atoms with Gasteiger partial charge in [0.25, 0.3) is 11.8 Å². The number of nitrogens with one attached hydrogen (secondary N) is 1. The maximum atomic E-state index is 12.9. The molecule has 0 aromatic heterocycles. The molecule has 2 N–H and O–H groups in total. The van der Waals surface area contributed by atoms with Crippen molar-refractivity contribution in [1.29, 1.82) is 0 Å². The lowest BCUT2D eigenvalue weighted by Crippen LogP contribution is -2.54. The van der Waals surface area contributed by atoms with Crippen molar-refractivity contribution < 1.29 is 29.0 Å². The molecule has 0 saturated carbocycles. The Morgan fingerprint density at radius 2 is 1.64 bits per heavy atom. The van der Waals surface area contributed by atoms with Gasteiger partial charge in [0.2, 0.25) is 0 Å². The molecular weight excluding hydrogens is 432 g/mol. The Morgan fingerprint density at radius 3 is 2.25 bits per heavy atom. The van der Waals surface area contributed by atoms with Crippen LogP contribution in [-0.2, 0) is 9.59 Å². The van der Waals surface area contributed by atoms with E-state index in [1.807, 2.05) is 0 Å². The molecule has 2 aromatic rings. The third-order valence-corrected chi connectivity index (χ3v) is 4.70. The van der Waals surface area contributed by atoms with E-state index in [0.717, 1.165) is 4.90 Å². The minimum atomic E-state index is -0.871. The van der Waals surface area contributed by atoms with Gasteiger partial charge in [-0.3, -0.25) is 14.9 Å². The summed E-state index contributed by atoms with van der Waals surface area (Å²) in [6.07, 6.45) is 1.35. The fourth-order valence-electron chi connectivity index (χ4n) is 2.63. The molecule has 2 aromatic carbocycles. The van der Waals surface area contributed by atoms with Crippen molar-refractivity contribution in [3.63, 3.8) is 0 Å². The molecule has 9 heteroatoms. The van der Waals surface area contributed by atoms with Gasteiger partial charge in [0.05, 0.1) is 19.9 Å². The van der Waals surface area contributed by atoms with Crippen molar-refractivity contribution in [2.75, 3.05) is 19.1 Å². The highest BCUT2D eigenvalue weighted by atomic mass is 79.9. The summed E-state index contributed by atoms with van der Waals surface area (Å²) in [6, 6.07) is 7.82. The number of nitrogens with zero attached hydrogens (tertiary/aromatic N) is 1. The lowest BCUT2D eigenvalue weighted by Gasteiger charge is -2.26. The van der Waals surface area contributed by atoms with Crippen LogP contribution in [0.2, 0.25) is 0 Å². The quantitative estimate of drug-likeness (QED) is 0.552. The predicted molar refractivity (Wildman–Crippen MR) is 104 cm³/mol. The third kappa shape index (κ3) is 3.56. The fraction of sp³-hybridized carbons (Fsp3) is 0.105. The summed E-state index contributed by atoms with van der Waals surface area (Å²) < 4.78 is 11.0. The number of phenols is 1. The average molecular weight is 447 g/mol. The van der Waals surface area contributed by atoms with E-state index in [9.17, 15) is 19.5 Å². The lowest BCUT2D eigenvalue weighted by molar-refractivity contribution is -0.122. The SMILES string of the molecule is COc1cc(Br)c(/C=C2\C(=O)NC(=O)N(c3ccc(O)cc3)C2=O)cc1OC. The third-order valence-electron chi connectivity index (χ3n) is 4.01. The largest absolute Gasteiger partial charge is 0.508 e. The predicted octanol–water partition coefficient (Wildman–Crippen LogP) is 2.84. The van der Waals surface area contributed by atoms with Crippen molar-refractivity contribution in [3.8, 4) is 17.2 Å². The van der Waals surface area contributed by atoms with E-state index in [1.54, 1.807) is 12.1 Å². The molecule has 0 bridgehead atoms. The second-order valence-electron chi connectivity index (χ2n) is 5.70. The van der Waals surface area contributed by atoms with Gasteiger partial charge in [0.15, 0.2) is 11.5 Å². The van der Waals surface area contributed by atoms with Gasteiger partial charge in [-0.15, -0.1) is 0 Å². The first-order chi connectivity index (χ1) is 13.3. The van der Waals surface area contributed by atoms with E-state index in [-0.39, 0.29) is 17.0 Å². The Kier molecular flexibility index (Phi) is 5.36. The minimum Gasteiger partial charge on any atom is -0.508 e. The Labute approximate surface area is 168 Å². The number of urea groups is 1. The van der Waals surface area contributed by atoms with Crippen LogP contribution in [-0.4, -0.2) is 37.2 Å². The smallest absolute Gasteiger partial charge is 0.335 e. The van der Waals surface area contributed by atoms with E-state index < -0.39 is 17.8 Å². The van der Waals surface area contributed by atoms with E-state index in [4.69, 9.17) is 9.47 Å². The molecule has 1 heterocycles. The normalized spacial score (nSPS) is 15.6. The van der Waals surface area contributed by atoms with Crippen molar-refractivity contribution >= 4 is 45.5 Å². The van der Waals surface area contributed by atoms with Crippen LogP contribution in [0.1, 0.15) is 5.56 Å². The van der Waals surface area contributed by atoms with Crippen LogP contribution in [0.3, 0.4) is 0 Å². The van der Waals surface area contributed by atoms with Crippen LogP contribution >= 0.6 is 15.9 Å². The number of barbiturate groups is 1. The van der Waals surface area contributed by atoms with Gasteiger partial charge in [-0.2, -0.15) is 0 Å². The molecular formula is C19H15BrN2O6. The van der Waals surface area contributed by atoms with Gasteiger partial charge in [-0.05, 0) is 48.0 Å². The van der Waals surface area contributed by atoms with Gasteiger partial charge < -0.3 is 14.6 Å². The van der Waals surface area contributed by atoms with Crippen molar-refractivity contribution in [2.24, 2.45) is 0 Å². The Hall–Kier alpha value is -3.33. The van der Waals surface area contributed by atoms with Gasteiger partial charge in [0, 0.05) is 4.47 Å². The number of carbonyl (C=O) groups is 3. The van der Waals surface area contributed by atoms with Gasteiger partial charge in [0.1, 0.15) is 11.3 Å². The molecule has 1 saturated heterocycles. The zero-order valence-electron chi connectivity index (χ0n) is 14.9. The first-order valence-electron chi connectivity index (χ1n) is 7.97. The summed E-state index contributed by atoms with van der Waals surface area (Å²) in [5.74, 6) is -0.743. The minimum absolute atomic E-state index is 0.0188. The topological polar surface area (TPSA) is 105 Å². The number of rotatable bonds is 4. The number of hydrogen-bond acceptors (Lipinski definition) is 6. The molecule has 3 rings (SSSR count). The number of amides is 4. The molecule has 1 aliphatic rings. The highest BCUT2D eigenvalue weighted by Gasteiger charge is 2.37. The van der Waals surface area contributed by atoms with Crippen LogP contribution in [0.25, 0.3) is 6.08 Å². The van der Waals surface area contributed by atoms with Crippen LogP contribution in [0.4, 0.5) is 10.5 Å². The molecule has 0 atom stereocenters. The zero-order valence-corrected chi connectivity index (χ0v) is 16.4. The molecule has 144 valence electrons. The van der Waals surface area contributed by atoms with E-state index >= 15 is 0 Å². The molecule has 4 amide bonds. The maximum Gasteiger partial charge on any atom is 0.335 e. The van der Waals surface area contributed by atoms with Crippen LogP contribution in [0.15, 0.2) is 46.4 Å². The zero-order chi connectivity index (χ0) is 20.4. The molecule has 1 fully saturated rings. The van der Waals surface area contributed by atoms with Gasteiger partial charge >= 0.3 is 6.03 Å². The highest BCUT2D eigenvalue weighted by Crippen LogP contribution is 2.35. The first kappa shape index (κ1) is 19.4. The monoisotopic (exact) mass is 446 g/mol. The fourth-order valence-corrected chi connectivity index (χ4v) is 3.07. The molecule has 28 heavy (non-hydrogen) atoms. The number of aromatic hydroxyl groups is 1.